The molecule has 0 N–H and O–H groups in total. The lowest BCUT2D eigenvalue weighted by atomic mass is 10.2. The van der Waals surface area contributed by atoms with Crippen molar-refractivity contribution in [2.24, 2.45) is 0 Å². The van der Waals surface area contributed by atoms with Crippen molar-refractivity contribution in [3.05, 3.63) is 29.8 Å². The fourth-order valence-corrected chi connectivity index (χ4v) is 1.22. The first-order valence-electron chi connectivity index (χ1n) is 4.64. The van der Waals surface area contributed by atoms with Gasteiger partial charge in [-0.1, -0.05) is 18.2 Å². The molecule has 3 nitrogen and oxygen atoms in total. The molecule has 0 fully saturated rings. The molecule has 0 amide bonds. The van der Waals surface area contributed by atoms with E-state index in [2.05, 4.69) is 0 Å². The maximum absolute atomic E-state index is 10.1. The summed E-state index contributed by atoms with van der Waals surface area (Å²) in [5.74, 6) is 1.38. The fourth-order valence-electron chi connectivity index (χ4n) is 1.22. The molecule has 0 bridgehead atoms. The van der Waals surface area contributed by atoms with Crippen molar-refractivity contribution < 1.29 is 14.3 Å². The molecule has 0 aliphatic carbocycles. The minimum atomic E-state index is 0.425. The quantitative estimate of drug-likeness (QED) is 0.693. The van der Waals surface area contributed by atoms with Crippen LogP contribution in [0.25, 0.3) is 6.08 Å². The summed E-state index contributed by atoms with van der Waals surface area (Å²) >= 11 is 0. The van der Waals surface area contributed by atoms with Gasteiger partial charge in [0.2, 0.25) is 0 Å². The second kappa shape index (κ2) is 5.86. The molecule has 0 aliphatic heterocycles. The molecule has 0 saturated carbocycles. The van der Waals surface area contributed by atoms with Crippen LogP contribution in [0.5, 0.6) is 11.5 Å². The van der Waals surface area contributed by atoms with Gasteiger partial charge in [-0.05, 0) is 17.7 Å². The Morgan fingerprint density at radius 1 is 1.20 bits per heavy atom. The molecule has 15 heavy (non-hydrogen) atoms. The van der Waals surface area contributed by atoms with Crippen LogP contribution >= 0.6 is 0 Å². The van der Waals surface area contributed by atoms with Gasteiger partial charge in [-0.25, -0.2) is 0 Å². The first kappa shape index (κ1) is 11.3. The van der Waals surface area contributed by atoms with Gasteiger partial charge in [-0.15, -0.1) is 0 Å². The Morgan fingerprint density at radius 3 is 2.53 bits per heavy atom. The number of aldehydes is 1. The van der Waals surface area contributed by atoms with Crippen molar-refractivity contribution in [3.8, 4) is 11.5 Å². The molecule has 3 heteroatoms. The summed E-state index contributed by atoms with van der Waals surface area (Å²) in [4.78, 5) is 10.1. The van der Waals surface area contributed by atoms with Crippen LogP contribution in [-0.4, -0.2) is 20.5 Å². The number of hydrogen-bond acceptors (Lipinski definition) is 3. The van der Waals surface area contributed by atoms with Crippen LogP contribution in [0.2, 0.25) is 0 Å². The molecule has 1 rings (SSSR count). The zero-order chi connectivity index (χ0) is 11.1. The van der Waals surface area contributed by atoms with E-state index < -0.39 is 0 Å². The third kappa shape index (κ3) is 3.13. The average molecular weight is 206 g/mol. The average Bonchev–Trinajstić information content (AvgIpc) is 2.29. The van der Waals surface area contributed by atoms with Crippen LogP contribution in [0.1, 0.15) is 12.0 Å². The molecule has 1 aromatic carbocycles. The second-order valence-corrected chi connectivity index (χ2v) is 2.92. The Balaban J connectivity index is 2.87. The van der Waals surface area contributed by atoms with Crippen LogP contribution in [0.3, 0.4) is 0 Å². The summed E-state index contributed by atoms with van der Waals surface area (Å²) in [6.07, 6.45) is 4.95. The van der Waals surface area contributed by atoms with Crippen molar-refractivity contribution in [3.63, 3.8) is 0 Å². The Morgan fingerprint density at radius 2 is 1.93 bits per heavy atom. The Bertz CT molecular complexity index is 356. The van der Waals surface area contributed by atoms with Gasteiger partial charge in [-0.3, -0.25) is 0 Å². The number of benzene rings is 1. The molecular formula is C12H14O3. The van der Waals surface area contributed by atoms with Gasteiger partial charge in [0.15, 0.2) is 11.5 Å². The molecule has 0 unspecified atom stereocenters. The minimum absolute atomic E-state index is 0.425. The standard InChI is InChI=1S/C12H14O3/c1-14-11-7-6-10(5-3-4-8-13)9-12(11)15-2/h3,5-9H,4H2,1-2H3. The molecule has 0 saturated heterocycles. The molecule has 0 heterocycles. The van der Waals surface area contributed by atoms with Crippen molar-refractivity contribution in [2.45, 2.75) is 6.42 Å². The summed E-state index contributed by atoms with van der Waals surface area (Å²) in [7, 11) is 3.19. The van der Waals surface area contributed by atoms with Gasteiger partial charge < -0.3 is 14.3 Å². The van der Waals surface area contributed by atoms with E-state index in [4.69, 9.17) is 9.47 Å². The molecule has 0 radical (unpaired) electrons. The zero-order valence-corrected chi connectivity index (χ0v) is 8.90. The van der Waals surface area contributed by atoms with Crippen molar-refractivity contribution in [1.82, 2.24) is 0 Å². The molecule has 1 aromatic rings. The highest BCUT2D eigenvalue weighted by molar-refractivity contribution is 5.60. The van der Waals surface area contributed by atoms with E-state index in [-0.39, 0.29) is 0 Å². The summed E-state index contributed by atoms with van der Waals surface area (Å²) < 4.78 is 10.3. The van der Waals surface area contributed by atoms with Gasteiger partial charge >= 0.3 is 0 Å². The number of ether oxygens (including phenoxy) is 2. The van der Waals surface area contributed by atoms with Crippen molar-refractivity contribution >= 4 is 12.4 Å². The number of methoxy groups -OCH3 is 2. The molecule has 0 aliphatic rings. The first-order valence-corrected chi connectivity index (χ1v) is 4.64. The zero-order valence-electron chi connectivity index (χ0n) is 8.90. The normalized spacial score (nSPS) is 10.3. The van der Waals surface area contributed by atoms with E-state index in [1.165, 1.54) is 0 Å². The van der Waals surface area contributed by atoms with Gasteiger partial charge in [0.05, 0.1) is 14.2 Å². The Kier molecular flexibility index (Phi) is 4.41. The van der Waals surface area contributed by atoms with E-state index in [0.717, 1.165) is 11.8 Å². The number of allylic oxidation sites excluding steroid dienone is 1. The smallest absolute Gasteiger partial charge is 0.161 e. The maximum atomic E-state index is 10.1. The number of carbonyl (C=O) groups is 1. The van der Waals surface area contributed by atoms with Gasteiger partial charge in [-0.2, -0.15) is 0 Å². The summed E-state index contributed by atoms with van der Waals surface area (Å²) in [5.41, 5.74) is 0.981. The van der Waals surface area contributed by atoms with Gasteiger partial charge in [0, 0.05) is 6.42 Å². The largest absolute Gasteiger partial charge is 0.493 e. The number of carbonyl (C=O) groups excluding carboxylic acids is 1. The summed E-state index contributed by atoms with van der Waals surface area (Å²) in [5, 5.41) is 0. The highest BCUT2D eigenvalue weighted by Crippen LogP contribution is 2.27. The van der Waals surface area contributed by atoms with Crippen LogP contribution in [0.15, 0.2) is 24.3 Å². The Hall–Kier alpha value is -1.77. The van der Waals surface area contributed by atoms with E-state index in [1.807, 2.05) is 24.3 Å². The molecular weight excluding hydrogens is 192 g/mol. The lowest BCUT2D eigenvalue weighted by Crippen LogP contribution is -1.90. The summed E-state index contributed by atoms with van der Waals surface area (Å²) in [6.45, 7) is 0. The van der Waals surface area contributed by atoms with E-state index in [0.29, 0.717) is 17.9 Å². The maximum Gasteiger partial charge on any atom is 0.161 e. The summed E-state index contributed by atoms with van der Waals surface area (Å²) in [6, 6.07) is 5.60. The molecule has 0 aromatic heterocycles. The third-order valence-electron chi connectivity index (χ3n) is 1.95. The van der Waals surface area contributed by atoms with Gasteiger partial charge in [0.1, 0.15) is 6.29 Å². The fraction of sp³-hybridized carbons (Fsp3) is 0.250. The topological polar surface area (TPSA) is 35.5 Å². The highest BCUT2D eigenvalue weighted by atomic mass is 16.5. The number of hydrogen-bond donors (Lipinski definition) is 0. The Labute approximate surface area is 89.3 Å². The predicted octanol–water partition coefficient (Wildman–Crippen LogP) is 2.31. The SMILES string of the molecule is COc1ccc(C=CCC=O)cc1OC. The lowest BCUT2D eigenvalue weighted by Gasteiger charge is -2.07. The van der Waals surface area contributed by atoms with Crippen LogP contribution < -0.4 is 9.47 Å². The predicted molar refractivity (Wildman–Crippen MR) is 59.3 cm³/mol. The van der Waals surface area contributed by atoms with Crippen LogP contribution in [-0.2, 0) is 4.79 Å². The van der Waals surface area contributed by atoms with E-state index in [9.17, 15) is 4.79 Å². The molecule has 80 valence electrons. The highest BCUT2D eigenvalue weighted by Gasteiger charge is 2.01. The minimum Gasteiger partial charge on any atom is -0.493 e. The number of rotatable bonds is 5. The lowest BCUT2D eigenvalue weighted by molar-refractivity contribution is -0.107. The second-order valence-electron chi connectivity index (χ2n) is 2.92. The van der Waals surface area contributed by atoms with Crippen molar-refractivity contribution in [1.29, 1.82) is 0 Å². The van der Waals surface area contributed by atoms with Gasteiger partial charge in [0.25, 0.3) is 0 Å². The van der Waals surface area contributed by atoms with E-state index >= 15 is 0 Å². The van der Waals surface area contributed by atoms with Crippen LogP contribution in [0.4, 0.5) is 0 Å². The van der Waals surface area contributed by atoms with Crippen molar-refractivity contribution in [2.75, 3.05) is 14.2 Å². The molecule has 0 atom stereocenters. The first-order chi connectivity index (χ1) is 7.31. The van der Waals surface area contributed by atoms with E-state index in [1.54, 1.807) is 20.3 Å². The monoisotopic (exact) mass is 206 g/mol. The molecule has 0 spiro atoms. The van der Waals surface area contributed by atoms with Crippen LogP contribution in [0, 0.1) is 0 Å². The third-order valence-corrected chi connectivity index (χ3v) is 1.95.